The molecule has 0 unspecified atom stereocenters. The Hall–Kier alpha value is -1.36. The largest absolute Gasteiger partial charge is 0.352 e. The second kappa shape index (κ2) is 5.12. The average Bonchev–Trinajstić information content (AvgIpc) is 2.89. The molecule has 1 aromatic rings. The van der Waals surface area contributed by atoms with E-state index in [1.165, 1.54) is 12.8 Å². The van der Waals surface area contributed by atoms with Gasteiger partial charge in [0.05, 0.1) is 11.8 Å². The summed E-state index contributed by atoms with van der Waals surface area (Å²) in [6.07, 6.45) is 6.79. The smallest absolute Gasteiger partial charge is 0.254 e. The fourth-order valence-electron chi connectivity index (χ4n) is 2.00. The zero-order valence-corrected chi connectivity index (χ0v) is 9.57. The summed E-state index contributed by atoms with van der Waals surface area (Å²) >= 11 is 0. The second-order valence-corrected chi connectivity index (χ2v) is 4.24. The number of hydrogen-bond donors (Lipinski definition) is 2. The summed E-state index contributed by atoms with van der Waals surface area (Å²) in [4.78, 5) is 11.6. The van der Waals surface area contributed by atoms with Gasteiger partial charge in [-0.05, 0) is 25.8 Å². The molecule has 2 heterocycles. The van der Waals surface area contributed by atoms with Crippen LogP contribution >= 0.6 is 0 Å². The van der Waals surface area contributed by atoms with Crippen LogP contribution in [0.5, 0.6) is 0 Å². The topological polar surface area (TPSA) is 59.0 Å². The number of aromatic nitrogens is 2. The Labute approximate surface area is 95.2 Å². The molecule has 1 aliphatic heterocycles. The van der Waals surface area contributed by atoms with Gasteiger partial charge in [-0.2, -0.15) is 5.10 Å². The van der Waals surface area contributed by atoms with Crippen molar-refractivity contribution in [1.29, 1.82) is 0 Å². The van der Waals surface area contributed by atoms with Gasteiger partial charge in [-0.15, -0.1) is 0 Å². The Kier molecular flexibility index (Phi) is 3.56. The lowest BCUT2D eigenvalue weighted by molar-refractivity contribution is 0.0952. The van der Waals surface area contributed by atoms with Crippen LogP contribution in [0.1, 0.15) is 29.6 Å². The highest BCUT2D eigenvalue weighted by Crippen LogP contribution is 2.07. The van der Waals surface area contributed by atoms with E-state index >= 15 is 0 Å². The van der Waals surface area contributed by atoms with Crippen LogP contribution in [0.3, 0.4) is 0 Å². The van der Waals surface area contributed by atoms with Gasteiger partial charge in [-0.25, -0.2) is 0 Å². The van der Waals surface area contributed by atoms with Gasteiger partial charge in [0.15, 0.2) is 0 Å². The fraction of sp³-hybridized carbons (Fsp3) is 0.636. The normalized spacial score (nSPS) is 19.9. The van der Waals surface area contributed by atoms with Gasteiger partial charge in [0.1, 0.15) is 0 Å². The van der Waals surface area contributed by atoms with Crippen LogP contribution in [0.15, 0.2) is 12.4 Å². The molecule has 0 radical (unpaired) electrons. The third kappa shape index (κ3) is 2.82. The number of rotatable bonds is 4. The maximum Gasteiger partial charge on any atom is 0.254 e. The van der Waals surface area contributed by atoms with E-state index in [4.69, 9.17) is 0 Å². The predicted octanol–water partition coefficient (Wildman–Crippen LogP) is 0.292. The van der Waals surface area contributed by atoms with Gasteiger partial charge in [0.25, 0.3) is 5.91 Å². The summed E-state index contributed by atoms with van der Waals surface area (Å²) in [5, 5.41) is 10.3. The molecular weight excluding hydrogens is 204 g/mol. The molecule has 2 rings (SSSR count). The first-order valence-electron chi connectivity index (χ1n) is 5.76. The number of hydrogen-bond acceptors (Lipinski definition) is 3. The van der Waals surface area contributed by atoms with E-state index in [2.05, 4.69) is 15.7 Å². The van der Waals surface area contributed by atoms with Gasteiger partial charge >= 0.3 is 0 Å². The molecule has 1 atom stereocenters. The predicted molar refractivity (Wildman–Crippen MR) is 61.2 cm³/mol. The van der Waals surface area contributed by atoms with Crippen LogP contribution in [-0.2, 0) is 7.05 Å². The van der Waals surface area contributed by atoms with Crippen LogP contribution in [0.2, 0.25) is 0 Å². The van der Waals surface area contributed by atoms with Crippen molar-refractivity contribution in [2.75, 3.05) is 13.1 Å². The lowest BCUT2D eigenvalue weighted by Crippen LogP contribution is -2.30. The molecule has 1 aromatic heterocycles. The first-order valence-corrected chi connectivity index (χ1v) is 5.76. The Morgan fingerprint density at radius 3 is 3.25 bits per heavy atom. The van der Waals surface area contributed by atoms with Crippen molar-refractivity contribution in [3.05, 3.63) is 18.0 Å². The van der Waals surface area contributed by atoms with E-state index in [1.54, 1.807) is 24.1 Å². The molecular formula is C11H18N4O. The van der Waals surface area contributed by atoms with Crippen molar-refractivity contribution < 1.29 is 4.79 Å². The van der Waals surface area contributed by atoms with Crippen molar-refractivity contribution in [2.45, 2.75) is 25.3 Å². The van der Waals surface area contributed by atoms with Gasteiger partial charge < -0.3 is 10.6 Å². The van der Waals surface area contributed by atoms with Crippen LogP contribution < -0.4 is 10.6 Å². The molecule has 1 saturated heterocycles. The lowest BCUT2D eigenvalue weighted by atomic mass is 10.1. The number of nitrogens with one attached hydrogen (secondary N) is 2. The highest BCUT2D eigenvalue weighted by Gasteiger charge is 2.14. The average molecular weight is 222 g/mol. The van der Waals surface area contributed by atoms with Gasteiger partial charge in [-0.3, -0.25) is 9.48 Å². The molecule has 0 bridgehead atoms. The van der Waals surface area contributed by atoms with E-state index in [1.807, 2.05) is 0 Å². The number of amides is 1. The minimum atomic E-state index is -0.0360. The Balaban J connectivity index is 1.71. The fourth-order valence-corrected chi connectivity index (χ4v) is 2.00. The lowest BCUT2D eigenvalue weighted by Gasteiger charge is -2.09. The molecule has 0 aliphatic carbocycles. The van der Waals surface area contributed by atoms with E-state index in [0.29, 0.717) is 11.6 Å². The minimum absolute atomic E-state index is 0.0360. The zero-order chi connectivity index (χ0) is 11.4. The monoisotopic (exact) mass is 222 g/mol. The van der Waals surface area contributed by atoms with E-state index in [0.717, 1.165) is 19.5 Å². The SMILES string of the molecule is Cn1cc(C(=O)NCC[C@H]2CCCN2)cn1. The summed E-state index contributed by atoms with van der Waals surface area (Å²) in [6.45, 7) is 1.84. The number of nitrogens with zero attached hydrogens (tertiary/aromatic N) is 2. The highest BCUT2D eigenvalue weighted by molar-refractivity contribution is 5.93. The Bertz CT molecular complexity index is 355. The van der Waals surface area contributed by atoms with Crippen LogP contribution in [-0.4, -0.2) is 34.8 Å². The molecule has 88 valence electrons. The van der Waals surface area contributed by atoms with Crippen molar-refractivity contribution in [2.24, 2.45) is 7.05 Å². The second-order valence-electron chi connectivity index (χ2n) is 4.24. The molecule has 16 heavy (non-hydrogen) atoms. The van der Waals surface area contributed by atoms with Gasteiger partial charge in [0, 0.05) is 25.8 Å². The zero-order valence-electron chi connectivity index (χ0n) is 9.57. The Morgan fingerprint density at radius 2 is 2.62 bits per heavy atom. The van der Waals surface area contributed by atoms with E-state index < -0.39 is 0 Å². The number of carbonyl (C=O) groups excluding carboxylic acids is 1. The molecule has 5 heteroatoms. The van der Waals surface area contributed by atoms with Gasteiger partial charge in [-0.1, -0.05) is 0 Å². The summed E-state index contributed by atoms with van der Waals surface area (Å²) < 4.78 is 1.63. The highest BCUT2D eigenvalue weighted by atomic mass is 16.1. The van der Waals surface area contributed by atoms with E-state index in [-0.39, 0.29) is 5.91 Å². The molecule has 0 spiro atoms. The maximum absolute atomic E-state index is 11.6. The van der Waals surface area contributed by atoms with Crippen LogP contribution in [0.4, 0.5) is 0 Å². The molecule has 1 aliphatic rings. The first kappa shape index (κ1) is 11.1. The Morgan fingerprint density at radius 1 is 1.75 bits per heavy atom. The van der Waals surface area contributed by atoms with Crippen LogP contribution in [0, 0.1) is 0 Å². The van der Waals surface area contributed by atoms with Crippen LogP contribution in [0.25, 0.3) is 0 Å². The molecule has 1 amide bonds. The van der Waals surface area contributed by atoms with Gasteiger partial charge in [0.2, 0.25) is 0 Å². The van der Waals surface area contributed by atoms with Crippen molar-refractivity contribution in [1.82, 2.24) is 20.4 Å². The summed E-state index contributed by atoms with van der Waals surface area (Å²) in [5.74, 6) is -0.0360. The summed E-state index contributed by atoms with van der Waals surface area (Å²) in [6, 6.07) is 0.578. The molecule has 0 saturated carbocycles. The third-order valence-electron chi connectivity index (χ3n) is 2.91. The quantitative estimate of drug-likeness (QED) is 0.770. The number of aryl methyl sites for hydroxylation is 1. The van der Waals surface area contributed by atoms with Crippen molar-refractivity contribution >= 4 is 5.91 Å². The molecule has 5 nitrogen and oxygen atoms in total. The number of carbonyl (C=O) groups is 1. The van der Waals surface area contributed by atoms with E-state index in [9.17, 15) is 4.79 Å². The summed E-state index contributed by atoms with van der Waals surface area (Å²) in [5.41, 5.74) is 0.627. The third-order valence-corrected chi connectivity index (χ3v) is 2.91. The van der Waals surface area contributed by atoms with Crippen molar-refractivity contribution in [3.8, 4) is 0 Å². The summed E-state index contributed by atoms with van der Waals surface area (Å²) in [7, 11) is 1.80. The molecule has 2 N–H and O–H groups in total. The molecule has 1 fully saturated rings. The standard InChI is InChI=1S/C11H18N4O/c1-15-8-9(7-14-15)11(16)13-6-4-10-3-2-5-12-10/h7-8,10,12H,2-6H2,1H3,(H,13,16)/t10-/m1/s1. The maximum atomic E-state index is 11.6. The minimum Gasteiger partial charge on any atom is -0.352 e. The molecule has 0 aromatic carbocycles. The first-order chi connectivity index (χ1) is 7.75. The van der Waals surface area contributed by atoms with Crippen molar-refractivity contribution in [3.63, 3.8) is 0 Å².